The summed E-state index contributed by atoms with van der Waals surface area (Å²) in [6.45, 7) is 11.0. The van der Waals surface area contributed by atoms with Crippen LogP contribution in [0, 0.1) is 17.7 Å². The molecule has 57 heavy (non-hydrogen) atoms. The van der Waals surface area contributed by atoms with Gasteiger partial charge in [0.15, 0.2) is 0 Å². The molecule has 0 aliphatic carbocycles. The van der Waals surface area contributed by atoms with Crippen LogP contribution in [-0.4, -0.2) is 123 Å². The molecule has 0 unspecified atom stereocenters. The summed E-state index contributed by atoms with van der Waals surface area (Å²) < 4.78 is 28.8. The Morgan fingerprint density at radius 3 is 2.44 bits per heavy atom. The minimum absolute atomic E-state index is 0.0186. The summed E-state index contributed by atoms with van der Waals surface area (Å²) in [6.07, 6.45) is 7.00. The molecular formula is C43H55FN6O7. The van der Waals surface area contributed by atoms with Crippen molar-refractivity contribution in [1.29, 1.82) is 0 Å². The van der Waals surface area contributed by atoms with Gasteiger partial charge < -0.3 is 34.4 Å². The number of phenols is 1. The molecule has 5 atom stereocenters. The number of benzene rings is 2. The van der Waals surface area contributed by atoms with Crippen molar-refractivity contribution in [3.63, 3.8) is 0 Å². The zero-order chi connectivity index (χ0) is 40.5. The van der Waals surface area contributed by atoms with Crippen molar-refractivity contribution in [2.45, 2.75) is 71.4 Å². The molecule has 6 rings (SSSR count). The van der Waals surface area contributed by atoms with E-state index < -0.39 is 36.2 Å². The number of nitrogens with zero attached hydrogens (tertiary/aromatic N) is 6. The van der Waals surface area contributed by atoms with Crippen molar-refractivity contribution in [1.82, 2.24) is 24.5 Å². The smallest absolute Gasteiger partial charge is 0.410 e. The molecule has 14 heteroatoms. The van der Waals surface area contributed by atoms with Crippen LogP contribution in [0.3, 0.4) is 0 Å². The maximum Gasteiger partial charge on any atom is 0.410 e. The van der Waals surface area contributed by atoms with Crippen molar-refractivity contribution in [2.24, 2.45) is 11.8 Å². The number of cyclic esters (lactones) is 1. The first kappa shape index (κ1) is 41.4. The Kier molecular flexibility index (Phi) is 14.0. The number of carbonyl (C=O) groups is 3. The van der Waals surface area contributed by atoms with Gasteiger partial charge in [0.1, 0.15) is 30.3 Å². The van der Waals surface area contributed by atoms with Gasteiger partial charge >= 0.3 is 12.1 Å². The fraction of sp³-hybridized carbons (Fsp3) is 0.488. The largest absolute Gasteiger partial charge is 0.508 e. The highest BCUT2D eigenvalue weighted by molar-refractivity contribution is 5.76. The van der Waals surface area contributed by atoms with E-state index in [9.17, 15) is 24.6 Å². The van der Waals surface area contributed by atoms with Gasteiger partial charge in [-0.3, -0.25) is 19.2 Å². The highest BCUT2D eigenvalue weighted by Gasteiger charge is 2.30. The number of ether oxygens (including phenoxy) is 2. The first-order valence-corrected chi connectivity index (χ1v) is 19.9. The van der Waals surface area contributed by atoms with Crippen LogP contribution >= 0.6 is 0 Å². The Labute approximate surface area is 333 Å². The Morgan fingerprint density at radius 2 is 1.72 bits per heavy atom. The number of hydrogen-bond acceptors (Lipinski definition) is 10. The number of aliphatic hydroxyl groups excluding tert-OH is 1. The summed E-state index contributed by atoms with van der Waals surface area (Å²) >= 11 is 0. The van der Waals surface area contributed by atoms with E-state index in [0.29, 0.717) is 88.6 Å². The number of aromatic nitrogens is 2. The van der Waals surface area contributed by atoms with Crippen LogP contribution in [0.4, 0.5) is 14.9 Å². The molecule has 2 aromatic carbocycles. The highest BCUT2D eigenvalue weighted by atomic mass is 19.1. The maximum atomic E-state index is 15.1. The molecule has 2 fully saturated rings. The van der Waals surface area contributed by atoms with Gasteiger partial charge in [-0.05, 0) is 84.9 Å². The minimum atomic E-state index is -0.924. The molecule has 3 aliphatic heterocycles. The van der Waals surface area contributed by atoms with Gasteiger partial charge in [-0.1, -0.05) is 38.1 Å². The number of halogens is 1. The van der Waals surface area contributed by atoms with Crippen LogP contribution in [0.15, 0.2) is 78.6 Å². The van der Waals surface area contributed by atoms with Gasteiger partial charge in [0.05, 0.1) is 12.5 Å². The fourth-order valence-electron chi connectivity index (χ4n) is 7.70. The van der Waals surface area contributed by atoms with E-state index in [2.05, 4.69) is 14.9 Å². The molecule has 3 aliphatic rings. The quantitative estimate of drug-likeness (QED) is 0.235. The summed E-state index contributed by atoms with van der Waals surface area (Å²) in [5, 5.41) is 24.7. The summed E-state index contributed by atoms with van der Waals surface area (Å²) in [7, 11) is 0. The molecule has 2 amide bonds. The number of aromatic hydroxyl groups is 1. The molecule has 0 spiro atoms. The molecule has 2 saturated heterocycles. The van der Waals surface area contributed by atoms with Crippen molar-refractivity contribution in [3.05, 3.63) is 95.6 Å². The van der Waals surface area contributed by atoms with Crippen molar-refractivity contribution < 1.29 is 38.5 Å². The fourth-order valence-corrected chi connectivity index (χ4v) is 7.70. The van der Waals surface area contributed by atoms with Crippen LogP contribution in [0.1, 0.15) is 51.2 Å². The highest BCUT2D eigenvalue weighted by Crippen LogP contribution is 2.28. The van der Waals surface area contributed by atoms with E-state index in [1.807, 2.05) is 51.1 Å². The third-order valence-electron chi connectivity index (χ3n) is 11.0. The maximum absolute atomic E-state index is 15.1. The van der Waals surface area contributed by atoms with Gasteiger partial charge in [0.2, 0.25) is 5.91 Å². The van der Waals surface area contributed by atoms with Crippen molar-refractivity contribution in [3.8, 4) is 5.75 Å². The predicted octanol–water partition coefficient (Wildman–Crippen LogP) is 5.09. The Balaban J connectivity index is 1.11. The number of rotatable bonds is 8. The van der Waals surface area contributed by atoms with Crippen LogP contribution in [0.2, 0.25) is 0 Å². The second kappa shape index (κ2) is 19.3. The SMILES string of the molecule is C/C(=C\c1cc(F)cc(N2CCN(C(=O)Cn3cccn3)CC2)c1)[C@H]1OC(=O)C[C@H](O)CC[C@H](C)[C@H](OC(=O)N2CCN(Cc3cccc(O)c3)CC2)/C=C/[C@@H]1C. The standard InChI is InChI=1S/C43H55FN6O7/c1-30-8-10-38(52)27-41(54)57-42(31(2)9-11-39(30)56-43(55)49-16-14-46(15-17-49)28-33-6-4-7-37(51)25-33)32(3)22-34-23-35(44)26-36(24-34)47-18-20-48(21-19-47)40(53)29-50-13-5-12-45-50/h4-7,9,11-13,22-26,30-31,38-39,42,51-52H,8,10,14-21,27-29H2,1-3H3/b11-9+,32-22+/t30-,31-,38+,39+,42-/m0/s1. The van der Waals surface area contributed by atoms with Crippen molar-refractivity contribution in [2.75, 3.05) is 57.3 Å². The molecule has 0 radical (unpaired) electrons. The van der Waals surface area contributed by atoms with Gasteiger partial charge in [0.25, 0.3) is 0 Å². The number of piperazine rings is 2. The third-order valence-corrected chi connectivity index (χ3v) is 11.0. The van der Waals surface area contributed by atoms with Crippen LogP contribution in [-0.2, 0) is 32.2 Å². The van der Waals surface area contributed by atoms with E-state index in [0.717, 1.165) is 5.56 Å². The van der Waals surface area contributed by atoms with Crippen LogP contribution in [0.25, 0.3) is 6.08 Å². The zero-order valence-corrected chi connectivity index (χ0v) is 33.1. The first-order valence-electron chi connectivity index (χ1n) is 19.9. The second-order valence-corrected chi connectivity index (χ2v) is 15.6. The minimum Gasteiger partial charge on any atom is -0.508 e. The number of esters is 1. The van der Waals surface area contributed by atoms with Gasteiger partial charge in [-0.15, -0.1) is 0 Å². The van der Waals surface area contributed by atoms with Crippen molar-refractivity contribution >= 4 is 29.7 Å². The monoisotopic (exact) mass is 786 g/mol. The normalized spacial score (nSPS) is 24.9. The molecule has 2 N–H and O–H groups in total. The van der Waals surface area contributed by atoms with E-state index in [4.69, 9.17) is 9.47 Å². The number of amides is 2. The van der Waals surface area contributed by atoms with Crippen LogP contribution in [0.5, 0.6) is 5.75 Å². The average molecular weight is 787 g/mol. The first-order chi connectivity index (χ1) is 27.4. The summed E-state index contributed by atoms with van der Waals surface area (Å²) in [5.41, 5.74) is 2.98. The number of phenolic OH excluding ortho intramolecular Hbond substituents is 1. The number of carbonyl (C=O) groups excluding carboxylic acids is 3. The third kappa shape index (κ3) is 11.7. The molecule has 0 bridgehead atoms. The van der Waals surface area contributed by atoms with E-state index in [-0.39, 0.29) is 36.5 Å². The Morgan fingerprint density at radius 1 is 0.965 bits per heavy atom. The van der Waals surface area contributed by atoms with E-state index in [1.165, 1.54) is 12.1 Å². The second-order valence-electron chi connectivity index (χ2n) is 15.6. The molecule has 3 aromatic rings. The summed E-state index contributed by atoms with van der Waals surface area (Å²) in [5.74, 6) is -1.21. The Hall–Kier alpha value is -5.21. The molecule has 1 aromatic heterocycles. The molecular weight excluding hydrogens is 732 g/mol. The lowest BCUT2D eigenvalue weighted by Crippen LogP contribution is -2.49. The average Bonchev–Trinajstić information content (AvgIpc) is 3.70. The number of anilines is 1. The lowest BCUT2D eigenvalue weighted by Gasteiger charge is -2.36. The predicted molar refractivity (Wildman–Crippen MR) is 214 cm³/mol. The molecule has 306 valence electrons. The van der Waals surface area contributed by atoms with Gasteiger partial charge in [0, 0.05) is 82.9 Å². The van der Waals surface area contributed by atoms with E-state index >= 15 is 4.39 Å². The van der Waals surface area contributed by atoms with Crippen LogP contribution < -0.4 is 4.90 Å². The lowest BCUT2D eigenvalue weighted by molar-refractivity contribution is -0.151. The summed E-state index contributed by atoms with van der Waals surface area (Å²) in [6, 6.07) is 13.8. The van der Waals surface area contributed by atoms with E-state index in [1.54, 1.807) is 51.2 Å². The topological polar surface area (TPSA) is 141 Å². The number of aliphatic hydroxyl groups is 1. The summed E-state index contributed by atoms with van der Waals surface area (Å²) in [4.78, 5) is 47.1. The molecule has 13 nitrogen and oxygen atoms in total. The number of hydrogen-bond donors (Lipinski definition) is 2. The molecule has 4 heterocycles. The Bertz CT molecular complexity index is 1890. The zero-order valence-electron chi connectivity index (χ0n) is 33.1. The molecule has 0 saturated carbocycles. The van der Waals surface area contributed by atoms with Gasteiger partial charge in [-0.2, -0.15) is 5.10 Å². The lowest BCUT2D eigenvalue weighted by atomic mass is 9.91. The van der Waals surface area contributed by atoms with Gasteiger partial charge in [-0.25, -0.2) is 9.18 Å².